The number of thiazole rings is 1. The summed E-state index contributed by atoms with van der Waals surface area (Å²) < 4.78 is 0. The molecule has 2 atom stereocenters. The lowest BCUT2D eigenvalue weighted by Crippen LogP contribution is -2.31. The molecule has 1 aromatic rings. The minimum Gasteiger partial charge on any atom is -0.314 e. The van der Waals surface area contributed by atoms with Crippen molar-refractivity contribution in [2.45, 2.75) is 47.1 Å². The summed E-state index contributed by atoms with van der Waals surface area (Å²) in [5.74, 6) is 1.39. The van der Waals surface area contributed by atoms with E-state index in [9.17, 15) is 0 Å². The molecule has 1 rings (SSSR count). The fourth-order valence-corrected chi connectivity index (χ4v) is 2.51. The molecule has 1 N–H and O–H groups in total. The van der Waals surface area contributed by atoms with E-state index >= 15 is 0 Å². The third-order valence-electron chi connectivity index (χ3n) is 2.98. The summed E-state index contributed by atoms with van der Waals surface area (Å²) >= 11 is 1.79. The van der Waals surface area contributed by atoms with Gasteiger partial charge in [-0.3, -0.25) is 0 Å². The fourth-order valence-electron chi connectivity index (χ4n) is 1.60. The van der Waals surface area contributed by atoms with Gasteiger partial charge in [-0.2, -0.15) is 0 Å². The van der Waals surface area contributed by atoms with E-state index in [1.807, 2.05) is 0 Å². The van der Waals surface area contributed by atoms with Gasteiger partial charge in [0.15, 0.2) is 0 Å². The average Bonchev–Trinajstić information content (AvgIpc) is 2.60. The molecule has 0 aliphatic carbocycles. The lowest BCUT2D eigenvalue weighted by Gasteiger charge is -2.20. The van der Waals surface area contributed by atoms with Crippen LogP contribution in [0.4, 0.5) is 0 Å². The number of aromatic nitrogens is 1. The van der Waals surface area contributed by atoms with Gasteiger partial charge >= 0.3 is 0 Å². The maximum Gasteiger partial charge on any atom is 0.0930 e. The van der Waals surface area contributed by atoms with E-state index in [1.165, 1.54) is 5.01 Å². The Morgan fingerprint density at radius 2 is 1.94 bits per heavy atom. The maximum atomic E-state index is 4.53. The summed E-state index contributed by atoms with van der Waals surface area (Å²) in [6.07, 6.45) is 1.11. The van der Waals surface area contributed by atoms with E-state index < -0.39 is 0 Å². The van der Waals surface area contributed by atoms with Gasteiger partial charge in [-0.05, 0) is 25.3 Å². The van der Waals surface area contributed by atoms with Gasteiger partial charge < -0.3 is 5.32 Å². The molecule has 0 aliphatic heterocycles. The van der Waals surface area contributed by atoms with Gasteiger partial charge in [-0.25, -0.2) is 4.98 Å². The van der Waals surface area contributed by atoms with Crippen molar-refractivity contribution in [2.75, 3.05) is 6.54 Å². The number of rotatable bonds is 6. The summed E-state index contributed by atoms with van der Waals surface area (Å²) in [4.78, 5) is 4.53. The van der Waals surface area contributed by atoms with Crippen molar-refractivity contribution < 1.29 is 0 Å². The van der Waals surface area contributed by atoms with Crippen LogP contribution in [0, 0.1) is 18.8 Å². The molecule has 0 aliphatic rings. The number of aryl methyl sites for hydroxylation is 1. The molecule has 16 heavy (non-hydrogen) atoms. The standard InChI is InChI=1S/C13H24N2S/c1-9(2)14-7-11(4)10(3)6-13-15-12(5)8-16-13/h8-11,14H,6-7H2,1-5H3. The Hall–Kier alpha value is -0.410. The van der Waals surface area contributed by atoms with Crippen LogP contribution in [0.25, 0.3) is 0 Å². The first-order valence-corrected chi connectivity index (χ1v) is 7.01. The molecule has 2 unspecified atom stereocenters. The van der Waals surface area contributed by atoms with Crippen LogP contribution in [0.3, 0.4) is 0 Å². The van der Waals surface area contributed by atoms with Gasteiger partial charge in [0.05, 0.1) is 5.01 Å². The zero-order valence-electron chi connectivity index (χ0n) is 11.1. The maximum absolute atomic E-state index is 4.53. The minimum absolute atomic E-state index is 0.580. The molecule has 0 radical (unpaired) electrons. The van der Waals surface area contributed by atoms with Crippen LogP contribution < -0.4 is 5.32 Å². The van der Waals surface area contributed by atoms with Crippen molar-refractivity contribution in [2.24, 2.45) is 11.8 Å². The van der Waals surface area contributed by atoms with Crippen molar-refractivity contribution in [1.82, 2.24) is 10.3 Å². The summed E-state index contributed by atoms with van der Waals surface area (Å²) in [5, 5.41) is 6.92. The van der Waals surface area contributed by atoms with Crippen LogP contribution in [0.5, 0.6) is 0 Å². The molecular weight excluding hydrogens is 216 g/mol. The highest BCUT2D eigenvalue weighted by molar-refractivity contribution is 7.09. The largest absolute Gasteiger partial charge is 0.314 e. The van der Waals surface area contributed by atoms with E-state index in [-0.39, 0.29) is 0 Å². The molecule has 0 aromatic carbocycles. The Morgan fingerprint density at radius 1 is 1.25 bits per heavy atom. The summed E-state index contributed by atoms with van der Waals surface area (Å²) in [6.45, 7) is 12.2. The zero-order valence-corrected chi connectivity index (χ0v) is 11.9. The van der Waals surface area contributed by atoms with Gasteiger partial charge in [0.25, 0.3) is 0 Å². The molecule has 1 aromatic heterocycles. The second-order valence-corrected chi connectivity index (χ2v) is 6.05. The molecule has 0 spiro atoms. The third kappa shape index (κ3) is 4.62. The number of hydrogen-bond donors (Lipinski definition) is 1. The van der Waals surface area contributed by atoms with Gasteiger partial charge in [0.1, 0.15) is 0 Å². The SMILES string of the molecule is Cc1csc(CC(C)C(C)CNC(C)C)n1. The lowest BCUT2D eigenvalue weighted by molar-refractivity contribution is 0.354. The van der Waals surface area contributed by atoms with E-state index in [1.54, 1.807) is 11.3 Å². The Balaban J connectivity index is 2.36. The van der Waals surface area contributed by atoms with E-state index in [0.717, 1.165) is 18.7 Å². The predicted octanol–water partition coefficient (Wildman–Crippen LogP) is 3.26. The summed E-state index contributed by atoms with van der Waals surface area (Å²) in [7, 11) is 0. The molecule has 1 heterocycles. The van der Waals surface area contributed by atoms with Gasteiger partial charge in [-0.15, -0.1) is 11.3 Å². The van der Waals surface area contributed by atoms with Gasteiger partial charge in [0.2, 0.25) is 0 Å². The van der Waals surface area contributed by atoms with Crippen molar-refractivity contribution in [1.29, 1.82) is 0 Å². The fraction of sp³-hybridized carbons (Fsp3) is 0.769. The van der Waals surface area contributed by atoms with E-state index in [4.69, 9.17) is 0 Å². The molecule has 0 saturated carbocycles. The van der Waals surface area contributed by atoms with Crippen LogP contribution >= 0.6 is 11.3 Å². The van der Waals surface area contributed by atoms with E-state index in [2.05, 4.69) is 50.3 Å². The van der Waals surface area contributed by atoms with Crippen LogP contribution in [0.2, 0.25) is 0 Å². The normalized spacial score (nSPS) is 15.4. The second-order valence-electron chi connectivity index (χ2n) is 5.10. The van der Waals surface area contributed by atoms with Gasteiger partial charge in [0, 0.05) is 23.5 Å². The van der Waals surface area contributed by atoms with Crippen molar-refractivity contribution in [3.05, 3.63) is 16.1 Å². The van der Waals surface area contributed by atoms with Crippen LogP contribution in [0.15, 0.2) is 5.38 Å². The first kappa shape index (κ1) is 13.7. The highest BCUT2D eigenvalue weighted by atomic mass is 32.1. The Bertz CT molecular complexity index is 307. The second kappa shape index (κ2) is 6.36. The molecule has 0 saturated heterocycles. The Kier molecular flexibility index (Phi) is 5.42. The zero-order chi connectivity index (χ0) is 12.1. The summed E-state index contributed by atoms with van der Waals surface area (Å²) in [5.41, 5.74) is 1.15. The number of hydrogen-bond acceptors (Lipinski definition) is 3. The minimum atomic E-state index is 0.580. The van der Waals surface area contributed by atoms with Crippen LogP contribution in [0.1, 0.15) is 38.4 Å². The monoisotopic (exact) mass is 240 g/mol. The number of nitrogens with zero attached hydrogens (tertiary/aromatic N) is 1. The molecule has 3 heteroatoms. The highest BCUT2D eigenvalue weighted by Crippen LogP contribution is 2.19. The number of nitrogens with one attached hydrogen (secondary N) is 1. The van der Waals surface area contributed by atoms with Crippen molar-refractivity contribution in [3.63, 3.8) is 0 Å². The van der Waals surface area contributed by atoms with Crippen LogP contribution in [-0.2, 0) is 6.42 Å². The predicted molar refractivity (Wildman–Crippen MR) is 72.0 cm³/mol. The first-order chi connectivity index (χ1) is 7.49. The van der Waals surface area contributed by atoms with E-state index in [0.29, 0.717) is 17.9 Å². The molecule has 92 valence electrons. The molecular formula is C13H24N2S. The topological polar surface area (TPSA) is 24.9 Å². The highest BCUT2D eigenvalue weighted by Gasteiger charge is 2.14. The Morgan fingerprint density at radius 3 is 2.44 bits per heavy atom. The van der Waals surface area contributed by atoms with Crippen molar-refractivity contribution in [3.8, 4) is 0 Å². The van der Waals surface area contributed by atoms with Crippen LogP contribution in [-0.4, -0.2) is 17.6 Å². The average molecular weight is 240 g/mol. The third-order valence-corrected chi connectivity index (χ3v) is 3.97. The molecule has 0 amide bonds. The smallest absolute Gasteiger partial charge is 0.0930 e. The molecule has 2 nitrogen and oxygen atoms in total. The Labute approximate surface area is 103 Å². The molecule has 0 bridgehead atoms. The van der Waals surface area contributed by atoms with Crippen molar-refractivity contribution >= 4 is 11.3 Å². The first-order valence-electron chi connectivity index (χ1n) is 6.13. The molecule has 0 fully saturated rings. The lowest BCUT2D eigenvalue weighted by atomic mass is 9.93. The summed E-state index contributed by atoms with van der Waals surface area (Å²) in [6, 6.07) is 0.580. The quantitative estimate of drug-likeness (QED) is 0.825. The van der Waals surface area contributed by atoms with Gasteiger partial charge in [-0.1, -0.05) is 27.7 Å².